The van der Waals surface area contributed by atoms with Gasteiger partial charge in [-0.3, -0.25) is 9.59 Å². The van der Waals surface area contributed by atoms with Gasteiger partial charge < -0.3 is 10.2 Å². The van der Waals surface area contributed by atoms with Crippen LogP contribution in [0.4, 0.5) is 4.39 Å². The Morgan fingerprint density at radius 2 is 1.95 bits per heavy atom. The molecule has 0 saturated heterocycles. The van der Waals surface area contributed by atoms with Gasteiger partial charge in [0.25, 0.3) is 5.91 Å². The molecular formula is C14H18BrFN2O2. The van der Waals surface area contributed by atoms with E-state index in [-0.39, 0.29) is 10.4 Å². The van der Waals surface area contributed by atoms with E-state index in [1.54, 1.807) is 11.8 Å². The smallest absolute Gasteiger partial charge is 0.251 e. The molecule has 110 valence electrons. The molecule has 0 heterocycles. The topological polar surface area (TPSA) is 49.4 Å². The maximum absolute atomic E-state index is 13.1. The van der Waals surface area contributed by atoms with Crippen molar-refractivity contribution in [2.45, 2.75) is 26.8 Å². The van der Waals surface area contributed by atoms with Crippen LogP contribution in [0.1, 0.15) is 31.1 Å². The van der Waals surface area contributed by atoms with E-state index >= 15 is 0 Å². The third-order valence-electron chi connectivity index (χ3n) is 2.97. The number of carbonyl (C=O) groups is 2. The van der Waals surface area contributed by atoms with E-state index < -0.39 is 17.8 Å². The minimum absolute atomic E-state index is 0.135. The van der Waals surface area contributed by atoms with Crippen LogP contribution in [0.25, 0.3) is 0 Å². The first kappa shape index (κ1) is 16.6. The number of halogens is 2. The van der Waals surface area contributed by atoms with Gasteiger partial charge in [0.05, 0.1) is 4.47 Å². The number of likely N-dealkylation sites (N-methyl/N-ethyl adjacent to an activating group) is 1. The summed E-state index contributed by atoms with van der Waals surface area (Å²) < 4.78 is 13.3. The van der Waals surface area contributed by atoms with E-state index in [0.29, 0.717) is 18.7 Å². The van der Waals surface area contributed by atoms with Gasteiger partial charge in [-0.25, -0.2) is 4.39 Å². The average Bonchev–Trinajstić information content (AvgIpc) is 2.42. The number of amides is 2. The second kappa shape index (κ2) is 7.38. The van der Waals surface area contributed by atoms with Gasteiger partial charge in [0, 0.05) is 18.7 Å². The number of benzene rings is 1. The molecule has 1 aromatic rings. The zero-order chi connectivity index (χ0) is 15.3. The summed E-state index contributed by atoms with van der Waals surface area (Å²) in [5, 5.41) is 2.62. The van der Waals surface area contributed by atoms with Gasteiger partial charge in [0.1, 0.15) is 11.9 Å². The van der Waals surface area contributed by atoms with Gasteiger partial charge in [-0.2, -0.15) is 0 Å². The van der Waals surface area contributed by atoms with Gasteiger partial charge in [-0.05, 0) is 54.9 Å². The third kappa shape index (κ3) is 4.03. The summed E-state index contributed by atoms with van der Waals surface area (Å²) >= 11 is 3.02. The first-order valence-electron chi connectivity index (χ1n) is 6.45. The van der Waals surface area contributed by atoms with Crippen LogP contribution >= 0.6 is 15.9 Å². The average molecular weight is 345 g/mol. The van der Waals surface area contributed by atoms with Crippen molar-refractivity contribution in [1.29, 1.82) is 0 Å². The van der Waals surface area contributed by atoms with E-state index in [1.165, 1.54) is 18.2 Å². The Balaban J connectivity index is 2.74. The van der Waals surface area contributed by atoms with Crippen LogP contribution in [0.2, 0.25) is 0 Å². The maximum atomic E-state index is 13.1. The standard InChI is InChI=1S/C14H18BrFN2O2/c1-4-18(5-2)14(20)9(3)17-13(19)10-6-7-12(16)11(15)8-10/h6-9H,4-5H2,1-3H3,(H,17,19). The quantitative estimate of drug-likeness (QED) is 0.892. The van der Waals surface area contributed by atoms with Crippen LogP contribution in [-0.4, -0.2) is 35.8 Å². The number of rotatable bonds is 5. The van der Waals surface area contributed by atoms with Crippen molar-refractivity contribution in [2.75, 3.05) is 13.1 Å². The van der Waals surface area contributed by atoms with Crippen LogP contribution in [0.15, 0.2) is 22.7 Å². The van der Waals surface area contributed by atoms with Crippen LogP contribution < -0.4 is 5.32 Å². The molecule has 4 nitrogen and oxygen atoms in total. The highest BCUT2D eigenvalue weighted by Gasteiger charge is 2.20. The van der Waals surface area contributed by atoms with Gasteiger partial charge in [-0.1, -0.05) is 0 Å². The van der Waals surface area contributed by atoms with Gasteiger partial charge in [0.2, 0.25) is 5.91 Å². The lowest BCUT2D eigenvalue weighted by atomic mass is 10.2. The Labute approximate surface area is 126 Å². The summed E-state index contributed by atoms with van der Waals surface area (Å²) in [6.45, 7) is 6.59. The fourth-order valence-corrected chi connectivity index (χ4v) is 2.17. The monoisotopic (exact) mass is 344 g/mol. The fourth-order valence-electron chi connectivity index (χ4n) is 1.79. The number of nitrogens with one attached hydrogen (secondary N) is 1. The summed E-state index contributed by atoms with van der Waals surface area (Å²) in [5.41, 5.74) is 0.303. The summed E-state index contributed by atoms with van der Waals surface area (Å²) in [4.78, 5) is 25.7. The molecule has 1 atom stereocenters. The van der Waals surface area contributed by atoms with E-state index in [0.717, 1.165) is 0 Å². The highest BCUT2D eigenvalue weighted by molar-refractivity contribution is 9.10. The van der Waals surface area contributed by atoms with E-state index in [2.05, 4.69) is 21.2 Å². The number of carbonyl (C=O) groups excluding carboxylic acids is 2. The molecule has 0 aromatic heterocycles. The third-order valence-corrected chi connectivity index (χ3v) is 3.58. The molecule has 1 N–H and O–H groups in total. The van der Waals surface area contributed by atoms with Crippen molar-refractivity contribution in [3.8, 4) is 0 Å². The van der Waals surface area contributed by atoms with Crippen LogP contribution in [0.5, 0.6) is 0 Å². The first-order chi connectivity index (χ1) is 9.40. The lowest BCUT2D eigenvalue weighted by Gasteiger charge is -2.23. The molecule has 20 heavy (non-hydrogen) atoms. The van der Waals surface area contributed by atoms with Gasteiger partial charge in [0.15, 0.2) is 0 Å². The molecular weight excluding hydrogens is 327 g/mol. The van der Waals surface area contributed by atoms with Crippen molar-refractivity contribution in [1.82, 2.24) is 10.2 Å². The molecule has 1 aromatic carbocycles. The molecule has 0 radical (unpaired) electrons. The van der Waals surface area contributed by atoms with E-state index in [9.17, 15) is 14.0 Å². The molecule has 1 unspecified atom stereocenters. The predicted octanol–water partition coefficient (Wildman–Crippen LogP) is 2.57. The maximum Gasteiger partial charge on any atom is 0.251 e. The Morgan fingerprint density at radius 1 is 1.35 bits per heavy atom. The molecule has 1 rings (SSSR count). The minimum Gasteiger partial charge on any atom is -0.341 e. The second-order valence-electron chi connectivity index (χ2n) is 4.33. The Bertz CT molecular complexity index is 504. The predicted molar refractivity (Wildman–Crippen MR) is 79.0 cm³/mol. The van der Waals surface area contributed by atoms with Crippen molar-refractivity contribution in [2.24, 2.45) is 0 Å². The second-order valence-corrected chi connectivity index (χ2v) is 5.19. The molecule has 0 aliphatic carbocycles. The van der Waals surface area contributed by atoms with E-state index in [1.807, 2.05) is 13.8 Å². The van der Waals surface area contributed by atoms with Crippen molar-refractivity contribution in [3.05, 3.63) is 34.1 Å². The lowest BCUT2D eigenvalue weighted by Crippen LogP contribution is -2.46. The fraction of sp³-hybridized carbons (Fsp3) is 0.429. The van der Waals surface area contributed by atoms with Crippen LogP contribution in [0.3, 0.4) is 0 Å². The van der Waals surface area contributed by atoms with Gasteiger partial charge in [-0.15, -0.1) is 0 Å². The highest BCUT2D eigenvalue weighted by Crippen LogP contribution is 2.16. The summed E-state index contributed by atoms with van der Waals surface area (Å²) in [6, 6.07) is 3.35. The number of hydrogen-bond donors (Lipinski definition) is 1. The summed E-state index contributed by atoms with van der Waals surface area (Å²) in [7, 11) is 0. The molecule has 0 fully saturated rings. The Kier molecular flexibility index (Phi) is 6.13. The molecule has 2 amide bonds. The van der Waals surface area contributed by atoms with Gasteiger partial charge >= 0.3 is 0 Å². The number of hydrogen-bond acceptors (Lipinski definition) is 2. The van der Waals surface area contributed by atoms with Crippen molar-refractivity contribution >= 4 is 27.7 Å². The molecule has 0 aliphatic heterocycles. The van der Waals surface area contributed by atoms with Crippen LogP contribution in [-0.2, 0) is 4.79 Å². The molecule has 0 bridgehead atoms. The van der Waals surface area contributed by atoms with Crippen LogP contribution in [0, 0.1) is 5.82 Å². The summed E-state index contributed by atoms with van der Waals surface area (Å²) in [5.74, 6) is -0.975. The normalized spacial score (nSPS) is 11.8. The largest absolute Gasteiger partial charge is 0.341 e. The highest BCUT2D eigenvalue weighted by atomic mass is 79.9. The van der Waals surface area contributed by atoms with Crippen molar-refractivity contribution in [3.63, 3.8) is 0 Å². The van der Waals surface area contributed by atoms with Crippen molar-refractivity contribution < 1.29 is 14.0 Å². The van der Waals surface area contributed by atoms with E-state index in [4.69, 9.17) is 0 Å². The molecule has 0 saturated carbocycles. The zero-order valence-corrected chi connectivity index (χ0v) is 13.3. The zero-order valence-electron chi connectivity index (χ0n) is 11.7. The summed E-state index contributed by atoms with van der Waals surface area (Å²) in [6.07, 6.45) is 0. The Morgan fingerprint density at radius 3 is 2.45 bits per heavy atom. The SMILES string of the molecule is CCN(CC)C(=O)C(C)NC(=O)c1ccc(F)c(Br)c1. The molecule has 0 aliphatic rings. The molecule has 0 spiro atoms. The number of nitrogens with zero attached hydrogens (tertiary/aromatic N) is 1. The lowest BCUT2D eigenvalue weighted by molar-refractivity contribution is -0.132. The first-order valence-corrected chi connectivity index (χ1v) is 7.24. The molecule has 6 heteroatoms. The minimum atomic E-state index is -0.619. The Hall–Kier alpha value is -1.43.